The van der Waals surface area contributed by atoms with E-state index in [4.69, 9.17) is 15.5 Å². The van der Waals surface area contributed by atoms with Crippen LogP contribution in [0.2, 0.25) is 0 Å². The fourth-order valence-corrected chi connectivity index (χ4v) is 5.07. The van der Waals surface area contributed by atoms with Crippen molar-refractivity contribution in [3.8, 4) is 0 Å². The second-order valence-corrected chi connectivity index (χ2v) is 9.18. The molecule has 7 heteroatoms. The Morgan fingerprint density at radius 2 is 2.03 bits per heavy atom. The van der Waals surface area contributed by atoms with Crippen molar-refractivity contribution in [3.05, 3.63) is 35.4 Å². The number of piperidine rings is 1. The SMILES string of the molecule is COC1CN(c2nc3c(C)cccc3cc2C(=O)N=C(C)N)CCC1NC1CCCCC1. The van der Waals surface area contributed by atoms with Gasteiger partial charge in [0, 0.05) is 37.7 Å². The fourth-order valence-electron chi connectivity index (χ4n) is 5.07. The maximum atomic E-state index is 12.9. The molecule has 32 heavy (non-hydrogen) atoms. The van der Waals surface area contributed by atoms with Crippen LogP contribution in [0.3, 0.4) is 0 Å². The van der Waals surface area contributed by atoms with Crippen molar-refractivity contribution in [2.45, 2.75) is 70.6 Å². The predicted molar refractivity (Wildman–Crippen MR) is 130 cm³/mol. The number of nitrogens with zero attached hydrogens (tertiary/aromatic N) is 3. The monoisotopic (exact) mass is 437 g/mol. The third kappa shape index (κ3) is 4.94. The first-order valence-corrected chi connectivity index (χ1v) is 11.8. The highest BCUT2D eigenvalue weighted by Gasteiger charge is 2.33. The van der Waals surface area contributed by atoms with Gasteiger partial charge in [0.05, 0.1) is 17.2 Å². The van der Waals surface area contributed by atoms with Crippen LogP contribution in [0, 0.1) is 6.92 Å². The molecule has 2 fully saturated rings. The van der Waals surface area contributed by atoms with Gasteiger partial charge < -0.3 is 20.7 Å². The number of hydrogen-bond acceptors (Lipinski definition) is 5. The number of aliphatic imine (C=N–C) groups is 1. The minimum Gasteiger partial charge on any atom is -0.387 e. The summed E-state index contributed by atoms with van der Waals surface area (Å²) in [5.41, 5.74) is 8.19. The van der Waals surface area contributed by atoms with Crippen LogP contribution in [0.4, 0.5) is 5.82 Å². The Bertz CT molecular complexity index is 995. The lowest BCUT2D eigenvalue weighted by atomic mass is 9.92. The van der Waals surface area contributed by atoms with E-state index in [0.717, 1.165) is 29.4 Å². The van der Waals surface area contributed by atoms with Crippen LogP contribution in [0.15, 0.2) is 29.3 Å². The highest BCUT2D eigenvalue weighted by atomic mass is 16.5. The third-order valence-electron chi connectivity index (χ3n) is 6.75. The Labute approximate surface area is 190 Å². The Balaban J connectivity index is 1.63. The van der Waals surface area contributed by atoms with E-state index in [2.05, 4.69) is 15.2 Å². The molecule has 1 saturated carbocycles. The van der Waals surface area contributed by atoms with Crippen molar-refractivity contribution in [1.29, 1.82) is 0 Å². The van der Waals surface area contributed by atoms with Gasteiger partial charge in [-0.2, -0.15) is 4.99 Å². The molecule has 0 spiro atoms. The number of aryl methyl sites for hydroxylation is 1. The normalized spacial score (nSPS) is 23.0. The Morgan fingerprint density at radius 1 is 1.25 bits per heavy atom. The quantitative estimate of drug-likeness (QED) is 0.549. The molecular weight excluding hydrogens is 402 g/mol. The number of pyridine rings is 1. The highest BCUT2D eigenvalue weighted by molar-refractivity contribution is 6.07. The zero-order valence-electron chi connectivity index (χ0n) is 19.4. The number of carbonyl (C=O) groups excluding carboxylic acids is 1. The number of aromatic nitrogens is 1. The van der Waals surface area contributed by atoms with Crippen LogP contribution in [-0.2, 0) is 4.74 Å². The number of amidine groups is 1. The zero-order chi connectivity index (χ0) is 22.7. The highest BCUT2D eigenvalue weighted by Crippen LogP contribution is 2.30. The molecule has 1 amide bonds. The zero-order valence-corrected chi connectivity index (χ0v) is 19.4. The number of rotatable bonds is 5. The molecular formula is C25H35N5O2. The summed E-state index contributed by atoms with van der Waals surface area (Å²) in [6.07, 6.45) is 7.42. The molecule has 7 nitrogen and oxygen atoms in total. The average Bonchev–Trinajstić information content (AvgIpc) is 2.79. The molecule has 3 N–H and O–H groups in total. The molecule has 1 aliphatic heterocycles. The van der Waals surface area contributed by atoms with Gasteiger partial charge in [-0.25, -0.2) is 4.98 Å². The van der Waals surface area contributed by atoms with Gasteiger partial charge in [-0.1, -0.05) is 37.5 Å². The van der Waals surface area contributed by atoms with Crippen LogP contribution >= 0.6 is 0 Å². The molecule has 0 bridgehead atoms. The molecule has 2 aromatic rings. The van der Waals surface area contributed by atoms with Crippen molar-refractivity contribution in [2.24, 2.45) is 10.7 Å². The minimum absolute atomic E-state index is 0.0303. The third-order valence-corrected chi connectivity index (χ3v) is 6.75. The fraction of sp³-hybridized carbons (Fsp3) is 0.560. The van der Waals surface area contributed by atoms with Crippen molar-refractivity contribution in [3.63, 3.8) is 0 Å². The minimum atomic E-state index is -0.354. The topological polar surface area (TPSA) is 92.8 Å². The van der Waals surface area contributed by atoms with Crippen LogP contribution in [0.5, 0.6) is 0 Å². The second kappa shape index (κ2) is 9.96. The first-order valence-electron chi connectivity index (χ1n) is 11.8. The van der Waals surface area contributed by atoms with Gasteiger partial charge in [0.25, 0.3) is 5.91 Å². The number of nitrogens with one attached hydrogen (secondary N) is 1. The summed E-state index contributed by atoms with van der Waals surface area (Å²) >= 11 is 0. The number of anilines is 1. The molecule has 2 unspecified atom stereocenters. The van der Waals surface area contributed by atoms with Crippen LogP contribution in [0.25, 0.3) is 10.9 Å². The molecule has 1 saturated heterocycles. The lowest BCUT2D eigenvalue weighted by molar-refractivity contribution is 0.0533. The van der Waals surface area contributed by atoms with E-state index < -0.39 is 0 Å². The van der Waals surface area contributed by atoms with E-state index in [9.17, 15) is 4.79 Å². The van der Waals surface area contributed by atoms with Crippen molar-refractivity contribution in [1.82, 2.24) is 10.3 Å². The molecule has 0 radical (unpaired) electrons. The second-order valence-electron chi connectivity index (χ2n) is 9.18. The van der Waals surface area contributed by atoms with E-state index >= 15 is 0 Å². The largest absolute Gasteiger partial charge is 0.387 e. The number of ether oxygens (including phenoxy) is 1. The van der Waals surface area contributed by atoms with Gasteiger partial charge in [0.15, 0.2) is 0 Å². The number of methoxy groups -OCH3 is 1. The summed E-state index contributed by atoms with van der Waals surface area (Å²) in [7, 11) is 1.77. The Kier molecular flexibility index (Phi) is 7.06. The number of fused-ring (bicyclic) bond motifs is 1. The predicted octanol–water partition coefficient (Wildman–Crippen LogP) is 3.58. The molecule has 2 heterocycles. The molecule has 2 atom stereocenters. The summed E-state index contributed by atoms with van der Waals surface area (Å²) in [6.45, 7) is 5.15. The summed E-state index contributed by atoms with van der Waals surface area (Å²) in [5, 5.41) is 4.79. The number of carbonyl (C=O) groups is 1. The van der Waals surface area contributed by atoms with Crippen LogP contribution < -0.4 is 16.0 Å². The molecule has 2 aliphatic rings. The molecule has 172 valence electrons. The van der Waals surface area contributed by atoms with E-state index in [1.54, 1.807) is 14.0 Å². The Hall–Kier alpha value is -2.51. The van der Waals surface area contributed by atoms with Crippen molar-refractivity contribution < 1.29 is 9.53 Å². The smallest absolute Gasteiger partial charge is 0.282 e. The van der Waals surface area contributed by atoms with Crippen molar-refractivity contribution >= 4 is 28.5 Å². The van der Waals surface area contributed by atoms with Gasteiger partial charge >= 0.3 is 0 Å². The van der Waals surface area contributed by atoms with Gasteiger partial charge in [0.1, 0.15) is 11.7 Å². The number of hydrogen-bond donors (Lipinski definition) is 2. The number of amides is 1. The average molecular weight is 438 g/mol. The van der Waals surface area contributed by atoms with Gasteiger partial charge in [-0.15, -0.1) is 0 Å². The molecule has 1 aliphatic carbocycles. The number of benzene rings is 1. The maximum Gasteiger partial charge on any atom is 0.282 e. The Morgan fingerprint density at radius 3 is 2.75 bits per heavy atom. The maximum absolute atomic E-state index is 12.9. The van der Waals surface area contributed by atoms with Crippen molar-refractivity contribution in [2.75, 3.05) is 25.1 Å². The lowest BCUT2D eigenvalue weighted by Crippen LogP contribution is -2.56. The first-order chi connectivity index (χ1) is 15.5. The van der Waals surface area contributed by atoms with Crippen LogP contribution in [0.1, 0.15) is 61.4 Å². The van der Waals surface area contributed by atoms with E-state index in [-0.39, 0.29) is 17.8 Å². The number of nitrogens with two attached hydrogens (primary N) is 1. The lowest BCUT2D eigenvalue weighted by Gasteiger charge is -2.41. The van der Waals surface area contributed by atoms with E-state index in [1.165, 1.54) is 32.1 Å². The van der Waals surface area contributed by atoms with Gasteiger partial charge in [0.2, 0.25) is 0 Å². The number of para-hydroxylation sites is 1. The molecule has 1 aromatic carbocycles. The van der Waals surface area contributed by atoms with Gasteiger partial charge in [-0.3, -0.25) is 4.79 Å². The van der Waals surface area contributed by atoms with Gasteiger partial charge in [-0.05, 0) is 44.7 Å². The summed E-state index contributed by atoms with van der Waals surface area (Å²) < 4.78 is 5.91. The summed E-state index contributed by atoms with van der Waals surface area (Å²) in [4.78, 5) is 24.1. The summed E-state index contributed by atoms with van der Waals surface area (Å²) in [5.74, 6) is 0.558. The first kappa shape index (κ1) is 22.7. The van der Waals surface area contributed by atoms with E-state index in [0.29, 0.717) is 30.0 Å². The molecule has 1 aromatic heterocycles. The summed E-state index contributed by atoms with van der Waals surface area (Å²) in [6, 6.07) is 8.79. The van der Waals surface area contributed by atoms with Crippen LogP contribution in [-0.4, -0.2) is 55.1 Å². The standard InChI is InChI=1S/C25H35N5O2/c1-16-8-7-9-18-14-20(25(31)27-17(2)26)24(29-23(16)18)30-13-12-21(22(15-30)32-3)28-19-10-5-4-6-11-19/h7-9,14,19,21-22,28H,4-6,10-13,15H2,1-3H3,(H2,26,27,31). The molecule has 4 rings (SSSR count). The van der Waals surface area contributed by atoms with E-state index in [1.807, 2.05) is 31.2 Å².